The van der Waals surface area contributed by atoms with Gasteiger partial charge in [-0.15, -0.1) is 0 Å². The van der Waals surface area contributed by atoms with Crippen molar-refractivity contribution < 1.29 is 14.7 Å². The zero-order chi connectivity index (χ0) is 17.2. The summed E-state index contributed by atoms with van der Waals surface area (Å²) in [5.41, 5.74) is 2.26. The largest absolute Gasteiger partial charge is 0.480 e. The predicted molar refractivity (Wildman–Crippen MR) is 92.5 cm³/mol. The van der Waals surface area contributed by atoms with E-state index in [4.69, 9.17) is 0 Å². The number of carbonyl (C=O) groups is 2. The monoisotopic (exact) mass is 323 g/mol. The van der Waals surface area contributed by atoms with Crippen molar-refractivity contribution in [1.29, 1.82) is 0 Å². The highest BCUT2D eigenvalue weighted by molar-refractivity contribution is 6.03. The van der Waals surface area contributed by atoms with Gasteiger partial charge in [-0.1, -0.05) is 54.6 Å². The van der Waals surface area contributed by atoms with Crippen LogP contribution < -0.4 is 5.32 Å². The molecule has 124 valence electrons. The van der Waals surface area contributed by atoms with Gasteiger partial charge >= 0.3 is 5.97 Å². The molecular weight excluding hydrogens is 302 g/mol. The lowest BCUT2D eigenvalue weighted by molar-refractivity contribution is -0.152. The molecule has 1 aliphatic heterocycles. The third kappa shape index (κ3) is 3.18. The number of rotatable bonds is 5. The number of hydrogen-bond donors (Lipinski definition) is 2. The van der Waals surface area contributed by atoms with Crippen molar-refractivity contribution in [2.45, 2.75) is 32.2 Å². The molecule has 0 aromatic heterocycles. The van der Waals surface area contributed by atoms with Crippen LogP contribution >= 0.6 is 0 Å². The number of aliphatic carboxylic acids is 1. The maximum absolute atomic E-state index is 11.9. The highest BCUT2D eigenvalue weighted by atomic mass is 16.4. The Balaban J connectivity index is 1.60. The van der Waals surface area contributed by atoms with Crippen LogP contribution in [0.3, 0.4) is 0 Å². The summed E-state index contributed by atoms with van der Waals surface area (Å²) < 4.78 is 0. The van der Waals surface area contributed by atoms with E-state index >= 15 is 0 Å². The molecule has 0 unspecified atom stereocenters. The standard InChI is InChI=1S/C20H21NO3/c1-20(19(23)24)13-17(21-18(20)22)12-9-14-7-10-16(11-8-14)15-5-3-2-4-6-15/h2-8,10-11,17H,9,12-13H2,1H3,(H,21,22)(H,23,24)/t17-,20-/m1/s1. The van der Waals surface area contributed by atoms with E-state index in [1.165, 1.54) is 23.6 Å². The molecule has 2 aromatic carbocycles. The first-order valence-electron chi connectivity index (χ1n) is 8.18. The molecule has 1 saturated heterocycles. The molecule has 4 nitrogen and oxygen atoms in total. The fourth-order valence-electron chi connectivity index (χ4n) is 3.18. The van der Waals surface area contributed by atoms with Crippen molar-refractivity contribution >= 4 is 11.9 Å². The second-order valence-corrected chi connectivity index (χ2v) is 6.61. The summed E-state index contributed by atoms with van der Waals surface area (Å²) in [5, 5.41) is 12.0. The van der Waals surface area contributed by atoms with Gasteiger partial charge in [0.25, 0.3) is 0 Å². The number of carboxylic acid groups (broad SMARTS) is 1. The van der Waals surface area contributed by atoms with E-state index in [0.717, 1.165) is 12.8 Å². The molecule has 1 aliphatic rings. The Hall–Kier alpha value is -2.62. The maximum Gasteiger partial charge on any atom is 0.318 e. The average molecular weight is 323 g/mol. The predicted octanol–water partition coefficient (Wildman–Crippen LogP) is 3.27. The first-order chi connectivity index (χ1) is 11.5. The molecule has 4 heteroatoms. The van der Waals surface area contributed by atoms with Crippen molar-refractivity contribution in [3.05, 3.63) is 60.2 Å². The average Bonchev–Trinajstić information content (AvgIpc) is 2.90. The van der Waals surface area contributed by atoms with Gasteiger partial charge in [0.15, 0.2) is 0 Å². The van der Waals surface area contributed by atoms with E-state index in [2.05, 4.69) is 41.7 Å². The molecular formula is C20H21NO3. The van der Waals surface area contributed by atoms with Gasteiger partial charge in [0, 0.05) is 6.04 Å². The molecule has 3 rings (SSSR count). The van der Waals surface area contributed by atoms with Crippen LogP contribution in [0, 0.1) is 5.41 Å². The van der Waals surface area contributed by atoms with E-state index in [1.54, 1.807) is 0 Å². The van der Waals surface area contributed by atoms with Crippen LogP contribution in [-0.4, -0.2) is 23.0 Å². The molecule has 0 radical (unpaired) electrons. The molecule has 1 heterocycles. The highest BCUT2D eigenvalue weighted by Gasteiger charge is 2.48. The van der Waals surface area contributed by atoms with Gasteiger partial charge < -0.3 is 10.4 Å². The second-order valence-electron chi connectivity index (χ2n) is 6.61. The Morgan fingerprint density at radius 1 is 1.12 bits per heavy atom. The molecule has 2 aromatic rings. The van der Waals surface area contributed by atoms with Crippen LogP contribution in [0.4, 0.5) is 0 Å². The Morgan fingerprint density at radius 3 is 2.33 bits per heavy atom. The first-order valence-corrected chi connectivity index (χ1v) is 8.18. The molecule has 0 bridgehead atoms. The topological polar surface area (TPSA) is 66.4 Å². The van der Waals surface area contributed by atoms with E-state index < -0.39 is 11.4 Å². The Morgan fingerprint density at radius 2 is 1.75 bits per heavy atom. The van der Waals surface area contributed by atoms with Gasteiger partial charge in [0.1, 0.15) is 5.41 Å². The van der Waals surface area contributed by atoms with E-state index in [9.17, 15) is 14.7 Å². The van der Waals surface area contributed by atoms with Crippen LogP contribution in [0.1, 0.15) is 25.3 Å². The van der Waals surface area contributed by atoms with Crippen LogP contribution in [0.2, 0.25) is 0 Å². The molecule has 1 amide bonds. The molecule has 2 atom stereocenters. The SMILES string of the molecule is C[C@@]1(C(=O)O)C[C@@H](CCc2ccc(-c3ccccc3)cc2)NC1=O. The van der Waals surface area contributed by atoms with Gasteiger partial charge in [0.2, 0.25) is 5.91 Å². The summed E-state index contributed by atoms with van der Waals surface area (Å²) in [5.74, 6) is -1.42. The summed E-state index contributed by atoms with van der Waals surface area (Å²) >= 11 is 0. The van der Waals surface area contributed by atoms with E-state index in [-0.39, 0.29) is 11.9 Å². The Kier molecular flexibility index (Phi) is 4.38. The zero-order valence-electron chi connectivity index (χ0n) is 13.7. The number of carboxylic acids is 1. The lowest BCUT2D eigenvalue weighted by Gasteiger charge is -2.14. The first kappa shape index (κ1) is 16.2. The third-order valence-corrected chi connectivity index (χ3v) is 4.81. The number of aryl methyl sites for hydroxylation is 1. The number of carbonyl (C=O) groups excluding carboxylic acids is 1. The highest BCUT2D eigenvalue weighted by Crippen LogP contribution is 2.31. The molecule has 1 fully saturated rings. The Labute approximate surface area is 141 Å². The van der Waals surface area contributed by atoms with Crippen LogP contribution in [-0.2, 0) is 16.0 Å². The molecule has 0 saturated carbocycles. The van der Waals surface area contributed by atoms with E-state index in [1.807, 2.05) is 18.2 Å². The minimum absolute atomic E-state index is 0.0765. The lowest BCUT2D eigenvalue weighted by atomic mass is 9.86. The summed E-state index contributed by atoms with van der Waals surface area (Å²) in [4.78, 5) is 23.1. The van der Waals surface area contributed by atoms with Gasteiger partial charge in [-0.3, -0.25) is 9.59 Å². The summed E-state index contributed by atoms with van der Waals surface area (Å²) in [6.45, 7) is 1.50. The summed E-state index contributed by atoms with van der Waals surface area (Å²) in [7, 11) is 0. The van der Waals surface area contributed by atoms with Crippen molar-refractivity contribution in [2.75, 3.05) is 0 Å². The zero-order valence-corrected chi connectivity index (χ0v) is 13.7. The fraction of sp³-hybridized carbons (Fsp3) is 0.300. The van der Waals surface area contributed by atoms with E-state index in [0.29, 0.717) is 6.42 Å². The molecule has 24 heavy (non-hydrogen) atoms. The number of hydrogen-bond acceptors (Lipinski definition) is 2. The van der Waals surface area contributed by atoms with Crippen LogP contribution in [0.15, 0.2) is 54.6 Å². The van der Waals surface area contributed by atoms with Crippen LogP contribution in [0.5, 0.6) is 0 Å². The van der Waals surface area contributed by atoms with Crippen molar-refractivity contribution in [3.63, 3.8) is 0 Å². The summed E-state index contributed by atoms with van der Waals surface area (Å²) in [6, 6.07) is 18.5. The number of nitrogens with one attached hydrogen (secondary N) is 1. The van der Waals surface area contributed by atoms with Gasteiger partial charge in [-0.05, 0) is 42.9 Å². The second kappa shape index (κ2) is 6.48. The minimum atomic E-state index is -1.29. The number of amides is 1. The normalized spacial score (nSPS) is 23.0. The molecule has 0 spiro atoms. The van der Waals surface area contributed by atoms with Crippen LogP contribution in [0.25, 0.3) is 11.1 Å². The summed E-state index contributed by atoms with van der Waals surface area (Å²) in [6.07, 6.45) is 1.91. The smallest absolute Gasteiger partial charge is 0.318 e. The molecule has 0 aliphatic carbocycles. The van der Waals surface area contributed by atoms with Gasteiger partial charge in [0.05, 0.1) is 0 Å². The Bertz CT molecular complexity index is 739. The molecule has 2 N–H and O–H groups in total. The van der Waals surface area contributed by atoms with Crippen molar-refractivity contribution in [2.24, 2.45) is 5.41 Å². The third-order valence-electron chi connectivity index (χ3n) is 4.81. The lowest BCUT2D eigenvalue weighted by Crippen LogP contribution is -2.36. The maximum atomic E-state index is 11.9. The number of benzene rings is 2. The quantitative estimate of drug-likeness (QED) is 0.830. The fourth-order valence-corrected chi connectivity index (χ4v) is 3.18. The van der Waals surface area contributed by atoms with Gasteiger partial charge in [-0.2, -0.15) is 0 Å². The van der Waals surface area contributed by atoms with Crippen molar-refractivity contribution in [3.8, 4) is 11.1 Å². The minimum Gasteiger partial charge on any atom is -0.480 e. The van der Waals surface area contributed by atoms with Crippen molar-refractivity contribution in [1.82, 2.24) is 5.32 Å². The van der Waals surface area contributed by atoms with Gasteiger partial charge in [-0.25, -0.2) is 0 Å².